The number of anilines is 1. The SMILES string of the molecule is CSc1ccc(C(=O)Nc2nc(-c3ccccc3)c(C(C)=O)s2)cc1. The highest BCUT2D eigenvalue weighted by Crippen LogP contribution is 2.31. The van der Waals surface area contributed by atoms with Gasteiger partial charge in [-0.25, -0.2) is 4.98 Å². The monoisotopic (exact) mass is 368 g/mol. The van der Waals surface area contributed by atoms with Crippen molar-refractivity contribution in [1.82, 2.24) is 4.98 Å². The Morgan fingerprint density at radius 1 is 1.04 bits per heavy atom. The third-order valence-corrected chi connectivity index (χ3v) is 5.38. The van der Waals surface area contributed by atoms with Gasteiger partial charge in [0.2, 0.25) is 0 Å². The molecular weight excluding hydrogens is 352 g/mol. The molecule has 3 aromatic rings. The summed E-state index contributed by atoms with van der Waals surface area (Å²) in [5, 5.41) is 3.21. The zero-order valence-corrected chi connectivity index (χ0v) is 15.4. The Bertz CT molecular complexity index is 903. The van der Waals surface area contributed by atoms with E-state index in [-0.39, 0.29) is 11.7 Å². The molecule has 1 N–H and O–H groups in total. The normalized spacial score (nSPS) is 10.5. The molecule has 0 aliphatic carbocycles. The quantitative estimate of drug-likeness (QED) is 0.509. The van der Waals surface area contributed by atoms with Crippen LogP contribution in [0.2, 0.25) is 0 Å². The Morgan fingerprint density at radius 2 is 1.72 bits per heavy atom. The average Bonchev–Trinajstić information content (AvgIpc) is 3.06. The Hall–Kier alpha value is -2.44. The van der Waals surface area contributed by atoms with Crippen LogP contribution in [0.1, 0.15) is 27.0 Å². The van der Waals surface area contributed by atoms with Crippen LogP contribution in [-0.2, 0) is 0 Å². The Labute approximate surface area is 154 Å². The molecule has 0 unspecified atom stereocenters. The number of amides is 1. The van der Waals surface area contributed by atoms with Gasteiger partial charge in [-0.3, -0.25) is 14.9 Å². The summed E-state index contributed by atoms with van der Waals surface area (Å²) in [5.74, 6) is -0.308. The van der Waals surface area contributed by atoms with E-state index in [4.69, 9.17) is 0 Å². The van der Waals surface area contributed by atoms with Crippen molar-refractivity contribution in [3.8, 4) is 11.3 Å². The maximum Gasteiger partial charge on any atom is 0.257 e. The van der Waals surface area contributed by atoms with Crippen LogP contribution >= 0.6 is 23.1 Å². The zero-order valence-electron chi connectivity index (χ0n) is 13.8. The van der Waals surface area contributed by atoms with Gasteiger partial charge in [-0.15, -0.1) is 11.8 Å². The summed E-state index contributed by atoms with van der Waals surface area (Å²) in [6, 6.07) is 16.8. The molecule has 0 fully saturated rings. The molecular formula is C19H16N2O2S2. The van der Waals surface area contributed by atoms with Crippen molar-refractivity contribution < 1.29 is 9.59 Å². The lowest BCUT2D eigenvalue weighted by Gasteiger charge is -2.02. The summed E-state index contributed by atoms with van der Waals surface area (Å²) in [7, 11) is 0. The smallest absolute Gasteiger partial charge is 0.257 e. The fourth-order valence-electron chi connectivity index (χ4n) is 2.32. The number of ketones is 1. The molecule has 3 rings (SSSR count). The summed E-state index contributed by atoms with van der Waals surface area (Å²) >= 11 is 2.82. The van der Waals surface area contributed by atoms with Gasteiger partial charge in [0.1, 0.15) is 0 Å². The Kier molecular flexibility index (Phi) is 5.31. The second-order valence-corrected chi connectivity index (χ2v) is 7.18. The first kappa shape index (κ1) is 17.4. The van der Waals surface area contributed by atoms with Crippen LogP contribution in [-0.4, -0.2) is 22.9 Å². The van der Waals surface area contributed by atoms with E-state index in [0.717, 1.165) is 10.5 Å². The van der Waals surface area contributed by atoms with E-state index in [1.54, 1.807) is 23.9 Å². The van der Waals surface area contributed by atoms with E-state index in [9.17, 15) is 9.59 Å². The number of Topliss-reactive ketones (excluding diaryl/α,β-unsaturated/α-hetero) is 1. The predicted molar refractivity (Wildman–Crippen MR) is 104 cm³/mol. The lowest BCUT2D eigenvalue weighted by molar-refractivity contribution is 0.101. The topological polar surface area (TPSA) is 59.1 Å². The van der Waals surface area contributed by atoms with E-state index >= 15 is 0 Å². The van der Waals surface area contributed by atoms with Crippen LogP contribution in [0.3, 0.4) is 0 Å². The molecule has 0 aliphatic heterocycles. The minimum Gasteiger partial charge on any atom is -0.298 e. The van der Waals surface area contributed by atoms with E-state index in [1.807, 2.05) is 48.7 Å². The van der Waals surface area contributed by atoms with Crippen LogP contribution in [0.25, 0.3) is 11.3 Å². The van der Waals surface area contributed by atoms with Crippen LogP contribution < -0.4 is 5.32 Å². The number of hydrogen-bond donors (Lipinski definition) is 1. The lowest BCUT2D eigenvalue weighted by atomic mass is 10.1. The second-order valence-electron chi connectivity index (χ2n) is 5.30. The fraction of sp³-hybridized carbons (Fsp3) is 0.105. The number of nitrogens with zero attached hydrogens (tertiary/aromatic N) is 1. The van der Waals surface area contributed by atoms with Crippen molar-refractivity contribution in [2.75, 3.05) is 11.6 Å². The lowest BCUT2D eigenvalue weighted by Crippen LogP contribution is -2.11. The summed E-state index contributed by atoms with van der Waals surface area (Å²) in [6.07, 6.45) is 1.99. The van der Waals surface area contributed by atoms with Gasteiger partial charge in [0.25, 0.3) is 5.91 Å². The number of benzene rings is 2. The predicted octanol–water partition coefficient (Wildman–Crippen LogP) is 4.99. The summed E-state index contributed by atoms with van der Waals surface area (Å²) in [5.41, 5.74) is 2.01. The van der Waals surface area contributed by atoms with Crippen molar-refractivity contribution in [1.29, 1.82) is 0 Å². The van der Waals surface area contributed by atoms with Gasteiger partial charge in [0.15, 0.2) is 10.9 Å². The number of aromatic nitrogens is 1. The number of rotatable bonds is 5. The van der Waals surface area contributed by atoms with Gasteiger partial charge in [-0.1, -0.05) is 41.7 Å². The number of thioether (sulfide) groups is 1. The number of carbonyl (C=O) groups excluding carboxylic acids is 2. The first-order chi connectivity index (χ1) is 12.1. The van der Waals surface area contributed by atoms with Gasteiger partial charge in [0.05, 0.1) is 10.6 Å². The molecule has 1 amide bonds. The molecule has 0 spiro atoms. The first-order valence-electron chi connectivity index (χ1n) is 7.61. The van der Waals surface area contributed by atoms with Crippen LogP contribution in [0.4, 0.5) is 5.13 Å². The summed E-state index contributed by atoms with van der Waals surface area (Å²) in [4.78, 5) is 30.4. The Balaban J connectivity index is 1.87. The zero-order chi connectivity index (χ0) is 17.8. The third kappa shape index (κ3) is 3.97. The molecule has 0 saturated heterocycles. The minimum atomic E-state index is -0.240. The number of nitrogens with one attached hydrogen (secondary N) is 1. The molecule has 1 heterocycles. The van der Waals surface area contributed by atoms with Gasteiger partial charge >= 0.3 is 0 Å². The van der Waals surface area contributed by atoms with Crippen molar-refractivity contribution in [3.05, 3.63) is 65.0 Å². The molecule has 0 saturated carbocycles. The highest BCUT2D eigenvalue weighted by molar-refractivity contribution is 7.98. The maximum absolute atomic E-state index is 12.4. The number of carbonyl (C=O) groups is 2. The van der Waals surface area contributed by atoms with Gasteiger partial charge in [0, 0.05) is 22.9 Å². The largest absolute Gasteiger partial charge is 0.298 e. The van der Waals surface area contributed by atoms with E-state index < -0.39 is 0 Å². The van der Waals surface area contributed by atoms with Crippen LogP contribution in [0.15, 0.2) is 59.5 Å². The molecule has 1 aromatic heterocycles. The molecule has 0 radical (unpaired) electrons. The standard InChI is InChI=1S/C19H16N2O2S2/c1-12(22)17-16(13-6-4-3-5-7-13)20-19(25-17)21-18(23)14-8-10-15(24-2)11-9-14/h3-11H,1-2H3,(H,20,21,23). The fourth-order valence-corrected chi connectivity index (χ4v) is 3.60. The second kappa shape index (κ2) is 7.63. The summed E-state index contributed by atoms with van der Waals surface area (Å²) < 4.78 is 0. The molecule has 0 bridgehead atoms. The molecule has 2 aromatic carbocycles. The molecule has 0 aliphatic rings. The van der Waals surface area contributed by atoms with Gasteiger partial charge < -0.3 is 0 Å². The average molecular weight is 368 g/mol. The van der Waals surface area contributed by atoms with Crippen LogP contribution in [0.5, 0.6) is 0 Å². The van der Waals surface area contributed by atoms with Crippen molar-refractivity contribution in [2.24, 2.45) is 0 Å². The molecule has 6 heteroatoms. The molecule has 4 nitrogen and oxygen atoms in total. The molecule has 0 atom stereocenters. The minimum absolute atomic E-state index is 0.0684. The van der Waals surface area contributed by atoms with E-state index in [0.29, 0.717) is 21.3 Å². The van der Waals surface area contributed by atoms with Crippen LogP contribution in [0, 0.1) is 0 Å². The van der Waals surface area contributed by atoms with Gasteiger partial charge in [-0.2, -0.15) is 0 Å². The molecule has 25 heavy (non-hydrogen) atoms. The van der Waals surface area contributed by atoms with Crippen molar-refractivity contribution in [2.45, 2.75) is 11.8 Å². The maximum atomic E-state index is 12.4. The van der Waals surface area contributed by atoms with Crippen molar-refractivity contribution >= 4 is 39.9 Å². The number of hydrogen-bond acceptors (Lipinski definition) is 5. The van der Waals surface area contributed by atoms with E-state index in [2.05, 4.69) is 10.3 Å². The highest BCUT2D eigenvalue weighted by Gasteiger charge is 2.18. The summed E-state index contributed by atoms with van der Waals surface area (Å²) in [6.45, 7) is 1.51. The van der Waals surface area contributed by atoms with E-state index in [1.165, 1.54) is 18.3 Å². The first-order valence-corrected chi connectivity index (χ1v) is 9.65. The van der Waals surface area contributed by atoms with Gasteiger partial charge in [-0.05, 0) is 30.5 Å². The number of thiazole rings is 1. The third-order valence-electron chi connectivity index (χ3n) is 3.57. The van der Waals surface area contributed by atoms with Crippen molar-refractivity contribution in [3.63, 3.8) is 0 Å². The Morgan fingerprint density at radius 3 is 2.32 bits per heavy atom. The highest BCUT2D eigenvalue weighted by atomic mass is 32.2. The molecule has 126 valence electrons.